The van der Waals surface area contributed by atoms with Gasteiger partial charge in [-0.1, -0.05) is 6.07 Å². The highest BCUT2D eigenvalue weighted by Gasteiger charge is 2.06. The van der Waals surface area contributed by atoms with Crippen LogP contribution in [0.15, 0.2) is 61.4 Å². The highest BCUT2D eigenvalue weighted by Crippen LogP contribution is 2.12. The number of hydrogen-bond acceptors (Lipinski definition) is 4. The summed E-state index contributed by atoms with van der Waals surface area (Å²) in [6, 6.07) is 11.3. The van der Waals surface area contributed by atoms with Gasteiger partial charge in [-0.3, -0.25) is 9.78 Å². The predicted octanol–water partition coefficient (Wildman–Crippen LogP) is 0.819. The molecule has 0 aliphatic heterocycles. The van der Waals surface area contributed by atoms with Gasteiger partial charge in [0.05, 0.1) is 0 Å². The maximum Gasteiger partial charge on any atom is 0.269 e. The van der Waals surface area contributed by atoms with E-state index in [1.165, 1.54) is 0 Å². The zero-order chi connectivity index (χ0) is 16.6. The summed E-state index contributed by atoms with van der Waals surface area (Å²) in [5.74, 6) is 0.482. The lowest BCUT2D eigenvalue weighted by molar-refractivity contribution is -0.595. The molecule has 0 bridgehead atoms. The summed E-state index contributed by atoms with van der Waals surface area (Å²) in [4.78, 5) is 15.8. The van der Waals surface area contributed by atoms with E-state index in [1.807, 2.05) is 41.0 Å². The van der Waals surface area contributed by atoms with Crippen LogP contribution in [0.25, 0.3) is 5.69 Å². The van der Waals surface area contributed by atoms with E-state index >= 15 is 0 Å². The molecular formula is C17H18N5O2+. The molecule has 2 aromatic heterocycles. The average Bonchev–Trinajstić information content (AvgIpc) is 3.16. The maximum absolute atomic E-state index is 11.9. The van der Waals surface area contributed by atoms with Gasteiger partial charge in [0.2, 0.25) is 6.33 Å². The fraction of sp³-hybridized carbons (Fsp3) is 0.176. The van der Waals surface area contributed by atoms with Crippen LogP contribution < -0.4 is 14.6 Å². The maximum atomic E-state index is 11.9. The van der Waals surface area contributed by atoms with Crippen LogP contribution in [0.1, 0.15) is 5.56 Å². The van der Waals surface area contributed by atoms with Crippen molar-refractivity contribution < 1.29 is 14.1 Å². The van der Waals surface area contributed by atoms with E-state index in [1.54, 1.807) is 25.0 Å². The molecule has 0 unspecified atom stereocenters. The largest absolute Gasteiger partial charge is 0.484 e. The molecule has 2 N–H and O–H groups in total. The van der Waals surface area contributed by atoms with Gasteiger partial charge in [0, 0.05) is 30.1 Å². The number of aromatic nitrogens is 4. The molecule has 0 saturated heterocycles. The third kappa shape index (κ3) is 4.39. The van der Waals surface area contributed by atoms with Gasteiger partial charge in [-0.15, -0.1) is 5.10 Å². The Balaban J connectivity index is 1.45. The summed E-state index contributed by atoms with van der Waals surface area (Å²) in [6.45, 7) is 0.549. The first-order valence-electron chi connectivity index (χ1n) is 7.60. The fourth-order valence-corrected chi connectivity index (χ4v) is 2.20. The van der Waals surface area contributed by atoms with Gasteiger partial charge in [0.25, 0.3) is 12.2 Å². The van der Waals surface area contributed by atoms with Crippen LogP contribution in [0.3, 0.4) is 0 Å². The number of amides is 1. The minimum atomic E-state index is -0.148. The third-order valence-electron chi connectivity index (χ3n) is 3.42. The molecule has 0 saturated carbocycles. The van der Waals surface area contributed by atoms with Gasteiger partial charge in [0.1, 0.15) is 11.4 Å². The van der Waals surface area contributed by atoms with Crippen molar-refractivity contribution in [3.05, 3.63) is 67.0 Å². The van der Waals surface area contributed by atoms with Crippen LogP contribution in [-0.4, -0.2) is 34.2 Å². The van der Waals surface area contributed by atoms with Gasteiger partial charge in [-0.05, 0) is 36.2 Å². The van der Waals surface area contributed by atoms with Crippen molar-refractivity contribution in [3.8, 4) is 11.4 Å². The molecule has 1 amide bonds. The van der Waals surface area contributed by atoms with Crippen LogP contribution >= 0.6 is 0 Å². The Morgan fingerprint density at radius 3 is 2.92 bits per heavy atom. The first-order valence-corrected chi connectivity index (χ1v) is 7.60. The van der Waals surface area contributed by atoms with Gasteiger partial charge < -0.3 is 10.1 Å². The first-order chi connectivity index (χ1) is 11.8. The average molecular weight is 324 g/mol. The molecule has 0 radical (unpaired) electrons. The molecule has 2 heterocycles. The van der Waals surface area contributed by atoms with E-state index in [0.717, 1.165) is 17.7 Å². The smallest absolute Gasteiger partial charge is 0.269 e. The van der Waals surface area contributed by atoms with E-state index in [-0.39, 0.29) is 12.5 Å². The van der Waals surface area contributed by atoms with Gasteiger partial charge in [0.15, 0.2) is 6.61 Å². The van der Waals surface area contributed by atoms with Crippen LogP contribution in [0.2, 0.25) is 0 Å². The van der Waals surface area contributed by atoms with Crippen LogP contribution in [0.4, 0.5) is 0 Å². The molecule has 0 atom stereocenters. The van der Waals surface area contributed by atoms with Crippen molar-refractivity contribution in [2.24, 2.45) is 0 Å². The Morgan fingerprint density at radius 1 is 1.25 bits per heavy atom. The number of benzene rings is 1. The van der Waals surface area contributed by atoms with Crippen molar-refractivity contribution in [2.45, 2.75) is 6.42 Å². The standard InChI is InChI=1S/C17H17N5O2/c23-17(19-9-6-14-4-7-18-8-5-14)11-24-16-3-1-2-15(10-16)22-12-20-21-13-22/h1-5,7-8,10,12-13H,6,9,11H2,(H,19,23)/p+1. The molecular weight excluding hydrogens is 306 g/mol. The molecule has 24 heavy (non-hydrogen) atoms. The van der Waals surface area contributed by atoms with Gasteiger partial charge in [-0.25, -0.2) is 4.57 Å². The third-order valence-corrected chi connectivity index (χ3v) is 3.42. The SMILES string of the molecule is O=C(COc1cccc(-[n+]2cn[nH]c2)c1)NCCc1ccncc1. The second-order valence-electron chi connectivity index (χ2n) is 5.15. The number of aromatic amines is 1. The topological polar surface area (TPSA) is 83.8 Å². The summed E-state index contributed by atoms with van der Waals surface area (Å²) in [5, 5.41) is 9.47. The number of nitrogens with zero attached hydrogens (tertiary/aromatic N) is 3. The lowest BCUT2D eigenvalue weighted by Crippen LogP contribution is -2.31. The van der Waals surface area contributed by atoms with E-state index in [2.05, 4.69) is 20.5 Å². The van der Waals surface area contributed by atoms with Crippen molar-refractivity contribution in [3.63, 3.8) is 0 Å². The summed E-state index contributed by atoms with van der Waals surface area (Å²) >= 11 is 0. The number of H-pyrrole nitrogens is 1. The predicted molar refractivity (Wildman–Crippen MR) is 86.6 cm³/mol. The molecule has 122 valence electrons. The molecule has 3 rings (SSSR count). The molecule has 0 aliphatic carbocycles. The number of pyridine rings is 1. The zero-order valence-corrected chi connectivity index (χ0v) is 13.1. The van der Waals surface area contributed by atoms with Crippen LogP contribution in [0, 0.1) is 0 Å². The van der Waals surface area contributed by atoms with E-state index in [9.17, 15) is 4.79 Å². The monoisotopic (exact) mass is 324 g/mol. The molecule has 0 spiro atoms. The minimum Gasteiger partial charge on any atom is -0.484 e. The van der Waals surface area contributed by atoms with E-state index < -0.39 is 0 Å². The molecule has 3 aromatic rings. The Kier molecular flexibility index (Phi) is 5.14. The quantitative estimate of drug-likeness (QED) is 0.630. The Morgan fingerprint density at radius 2 is 2.12 bits per heavy atom. The van der Waals surface area contributed by atoms with Crippen molar-refractivity contribution in [1.29, 1.82) is 0 Å². The highest BCUT2D eigenvalue weighted by atomic mass is 16.5. The van der Waals surface area contributed by atoms with Gasteiger partial charge in [-0.2, -0.15) is 0 Å². The molecule has 0 fully saturated rings. The number of hydrogen-bond donors (Lipinski definition) is 2. The second kappa shape index (κ2) is 7.87. The first kappa shape index (κ1) is 15.7. The highest BCUT2D eigenvalue weighted by molar-refractivity contribution is 5.77. The Bertz CT molecular complexity index is 775. The van der Waals surface area contributed by atoms with E-state index in [4.69, 9.17) is 4.74 Å². The number of rotatable bonds is 7. The summed E-state index contributed by atoms with van der Waals surface area (Å²) in [5.41, 5.74) is 2.04. The second-order valence-corrected chi connectivity index (χ2v) is 5.15. The van der Waals surface area contributed by atoms with Gasteiger partial charge >= 0.3 is 0 Å². The lowest BCUT2D eigenvalue weighted by atomic mass is 10.2. The van der Waals surface area contributed by atoms with Crippen LogP contribution in [-0.2, 0) is 11.2 Å². The number of ether oxygens (including phenoxy) is 1. The van der Waals surface area contributed by atoms with Crippen molar-refractivity contribution >= 4 is 5.91 Å². The summed E-state index contributed by atoms with van der Waals surface area (Å²) in [6.07, 6.45) is 7.63. The van der Waals surface area contributed by atoms with Crippen LogP contribution in [0.5, 0.6) is 5.75 Å². The molecule has 1 aromatic carbocycles. The fourth-order valence-electron chi connectivity index (χ4n) is 2.20. The van der Waals surface area contributed by atoms with Crippen molar-refractivity contribution in [1.82, 2.24) is 20.5 Å². The number of carbonyl (C=O) groups excluding carboxylic acids is 1. The summed E-state index contributed by atoms with van der Waals surface area (Å²) < 4.78 is 7.36. The normalized spacial score (nSPS) is 10.3. The number of carbonyl (C=O) groups is 1. The van der Waals surface area contributed by atoms with E-state index in [0.29, 0.717) is 12.3 Å². The number of nitrogens with one attached hydrogen (secondary N) is 2. The minimum absolute atomic E-state index is 0.0180. The molecule has 0 aliphatic rings. The molecule has 7 heteroatoms. The summed E-state index contributed by atoms with van der Waals surface area (Å²) in [7, 11) is 0. The van der Waals surface area contributed by atoms with Crippen molar-refractivity contribution in [2.75, 3.05) is 13.2 Å². The molecule has 7 nitrogen and oxygen atoms in total. The zero-order valence-electron chi connectivity index (χ0n) is 13.1. The lowest BCUT2D eigenvalue weighted by Gasteiger charge is -2.08. The Hall–Kier alpha value is -3.22. The Labute approximate surface area is 139 Å².